The molecular weight excluding hydrogens is 373 g/mol. The molecule has 0 unspecified atom stereocenters. The maximum Gasteiger partial charge on any atom is 0.269 e. The van der Waals surface area contributed by atoms with E-state index in [1.54, 1.807) is 24.4 Å². The van der Waals surface area contributed by atoms with Gasteiger partial charge in [0.15, 0.2) is 6.61 Å². The number of nitrogens with one attached hydrogen (secondary N) is 2. The predicted octanol–water partition coefficient (Wildman–Crippen LogP) is 2.58. The molecule has 0 atom stereocenters. The van der Waals surface area contributed by atoms with Crippen LogP contribution in [-0.2, 0) is 4.79 Å². The molecule has 1 aromatic heterocycles. The zero-order chi connectivity index (χ0) is 19.2. The Bertz CT molecular complexity index is 813. The summed E-state index contributed by atoms with van der Waals surface area (Å²) < 4.78 is 18.6. The number of hydrogen-bond acceptors (Lipinski definition) is 4. The molecule has 0 radical (unpaired) electrons. The van der Waals surface area contributed by atoms with E-state index in [4.69, 9.17) is 16.3 Å². The Hall–Kier alpha value is -2.67. The van der Waals surface area contributed by atoms with Crippen molar-refractivity contribution in [1.82, 2.24) is 15.6 Å². The second-order valence-corrected chi connectivity index (χ2v) is 6.80. The summed E-state index contributed by atoms with van der Waals surface area (Å²) in [6.07, 6.45) is 3.14. The van der Waals surface area contributed by atoms with E-state index in [0.29, 0.717) is 18.2 Å². The van der Waals surface area contributed by atoms with Gasteiger partial charge in [0.05, 0.1) is 5.02 Å². The van der Waals surface area contributed by atoms with E-state index in [1.807, 2.05) is 0 Å². The Labute approximate surface area is 161 Å². The van der Waals surface area contributed by atoms with Crippen LogP contribution in [0.15, 0.2) is 42.6 Å². The second kappa shape index (κ2) is 8.81. The summed E-state index contributed by atoms with van der Waals surface area (Å²) >= 11 is 5.59. The second-order valence-electron chi connectivity index (χ2n) is 6.39. The third kappa shape index (κ3) is 5.40. The maximum atomic E-state index is 13.3. The summed E-state index contributed by atoms with van der Waals surface area (Å²) in [4.78, 5) is 27.8. The molecule has 2 amide bonds. The largest absolute Gasteiger partial charge is 0.484 e. The summed E-state index contributed by atoms with van der Waals surface area (Å²) in [6, 6.07) is 9.24. The zero-order valence-electron chi connectivity index (χ0n) is 14.5. The lowest BCUT2D eigenvalue weighted by Crippen LogP contribution is -2.48. The van der Waals surface area contributed by atoms with Gasteiger partial charge in [0, 0.05) is 24.8 Å². The molecule has 1 saturated carbocycles. The van der Waals surface area contributed by atoms with Gasteiger partial charge in [0.2, 0.25) is 0 Å². The molecule has 0 bridgehead atoms. The first-order chi connectivity index (χ1) is 13.0. The number of hydrogen-bond donors (Lipinski definition) is 2. The van der Waals surface area contributed by atoms with Crippen molar-refractivity contribution < 1.29 is 18.7 Å². The normalized spacial score (nSPS) is 18.3. The van der Waals surface area contributed by atoms with Gasteiger partial charge < -0.3 is 15.4 Å². The van der Waals surface area contributed by atoms with E-state index < -0.39 is 5.82 Å². The van der Waals surface area contributed by atoms with Crippen LogP contribution in [0.1, 0.15) is 23.3 Å². The first-order valence-corrected chi connectivity index (χ1v) is 8.95. The number of aromatic nitrogens is 1. The topological polar surface area (TPSA) is 80.3 Å². The molecule has 1 heterocycles. The summed E-state index contributed by atoms with van der Waals surface area (Å²) in [5.41, 5.74) is 0.387. The fraction of sp³-hybridized carbons (Fsp3) is 0.316. The SMILES string of the molecule is O=C(COc1ccc(Cl)c(F)c1)NC1CC(CNC(=O)c2ccccn2)C1. The average Bonchev–Trinajstić information content (AvgIpc) is 2.64. The van der Waals surface area contributed by atoms with Crippen LogP contribution < -0.4 is 15.4 Å². The molecule has 0 saturated heterocycles. The fourth-order valence-corrected chi connectivity index (χ4v) is 2.95. The highest BCUT2D eigenvalue weighted by molar-refractivity contribution is 6.30. The van der Waals surface area contributed by atoms with Gasteiger partial charge in [0.1, 0.15) is 17.3 Å². The minimum Gasteiger partial charge on any atom is -0.484 e. The first kappa shape index (κ1) is 19.1. The number of halogens is 2. The molecule has 142 valence electrons. The van der Waals surface area contributed by atoms with Crippen molar-refractivity contribution in [2.24, 2.45) is 5.92 Å². The van der Waals surface area contributed by atoms with Crippen LogP contribution in [0.2, 0.25) is 5.02 Å². The number of benzene rings is 1. The van der Waals surface area contributed by atoms with Crippen LogP contribution in [0, 0.1) is 11.7 Å². The van der Waals surface area contributed by atoms with Gasteiger partial charge in [-0.15, -0.1) is 0 Å². The van der Waals surface area contributed by atoms with Crippen molar-refractivity contribution in [3.8, 4) is 5.75 Å². The van der Waals surface area contributed by atoms with E-state index in [1.165, 1.54) is 12.1 Å². The number of rotatable bonds is 7. The van der Waals surface area contributed by atoms with Gasteiger partial charge in [-0.05, 0) is 43.0 Å². The number of pyridine rings is 1. The molecule has 0 spiro atoms. The third-order valence-corrected chi connectivity index (χ3v) is 4.62. The van der Waals surface area contributed by atoms with Crippen molar-refractivity contribution in [1.29, 1.82) is 0 Å². The Balaban J connectivity index is 1.32. The highest BCUT2D eigenvalue weighted by atomic mass is 35.5. The number of amides is 2. The van der Waals surface area contributed by atoms with Gasteiger partial charge in [-0.3, -0.25) is 14.6 Å². The number of ether oxygens (including phenoxy) is 1. The highest BCUT2D eigenvalue weighted by Crippen LogP contribution is 2.26. The van der Waals surface area contributed by atoms with Crippen LogP contribution in [0.4, 0.5) is 4.39 Å². The van der Waals surface area contributed by atoms with Crippen LogP contribution in [0.3, 0.4) is 0 Å². The molecule has 8 heteroatoms. The summed E-state index contributed by atoms with van der Waals surface area (Å²) in [5.74, 6) is -0.507. The predicted molar refractivity (Wildman–Crippen MR) is 98.1 cm³/mol. The lowest BCUT2D eigenvalue weighted by Gasteiger charge is -2.35. The monoisotopic (exact) mass is 391 g/mol. The quantitative estimate of drug-likeness (QED) is 0.760. The Morgan fingerprint density at radius 1 is 1.26 bits per heavy atom. The zero-order valence-corrected chi connectivity index (χ0v) is 15.2. The molecule has 2 N–H and O–H groups in total. The molecule has 1 aromatic carbocycles. The molecule has 1 aliphatic rings. The van der Waals surface area contributed by atoms with Crippen LogP contribution in [0.5, 0.6) is 5.75 Å². The van der Waals surface area contributed by atoms with E-state index in [9.17, 15) is 14.0 Å². The van der Waals surface area contributed by atoms with Gasteiger partial charge in [-0.25, -0.2) is 4.39 Å². The molecule has 3 rings (SSSR count). The highest BCUT2D eigenvalue weighted by Gasteiger charge is 2.30. The minimum absolute atomic E-state index is 0.00227. The maximum absolute atomic E-state index is 13.3. The van der Waals surface area contributed by atoms with Gasteiger partial charge in [-0.2, -0.15) is 0 Å². The first-order valence-electron chi connectivity index (χ1n) is 8.57. The molecule has 27 heavy (non-hydrogen) atoms. The van der Waals surface area contributed by atoms with Crippen LogP contribution >= 0.6 is 11.6 Å². The van der Waals surface area contributed by atoms with E-state index in [-0.39, 0.29) is 35.2 Å². The van der Waals surface area contributed by atoms with Crippen molar-refractivity contribution in [2.45, 2.75) is 18.9 Å². The lowest BCUT2D eigenvalue weighted by atomic mass is 9.80. The standard InChI is InChI=1S/C19H19ClFN3O3/c20-15-5-4-14(9-16(15)21)27-11-18(25)24-13-7-12(8-13)10-23-19(26)17-3-1-2-6-22-17/h1-6,9,12-13H,7-8,10-11H2,(H,23,26)(H,24,25). The van der Waals surface area contributed by atoms with Crippen molar-refractivity contribution in [3.63, 3.8) is 0 Å². The smallest absolute Gasteiger partial charge is 0.269 e. The lowest BCUT2D eigenvalue weighted by molar-refractivity contribution is -0.124. The average molecular weight is 392 g/mol. The Kier molecular flexibility index (Phi) is 6.24. The third-order valence-electron chi connectivity index (χ3n) is 4.31. The van der Waals surface area contributed by atoms with E-state index in [2.05, 4.69) is 15.6 Å². The molecule has 2 aromatic rings. The molecule has 1 fully saturated rings. The molecular formula is C19H19ClFN3O3. The van der Waals surface area contributed by atoms with Gasteiger partial charge in [-0.1, -0.05) is 17.7 Å². The summed E-state index contributed by atoms with van der Waals surface area (Å²) in [7, 11) is 0. The van der Waals surface area contributed by atoms with Crippen molar-refractivity contribution in [2.75, 3.05) is 13.2 Å². The van der Waals surface area contributed by atoms with Gasteiger partial charge >= 0.3 is 0 Å². The van der Waals surface area contributed by atoms with E-state index in [0.717, 1.165) is 18.9 Å². The molecule has 0 aliphatic heterocycles. The number of nitrogens with zero attached hydrogens (tertiary/aromatic N) is 1. The molecule has 6 nitrogen and oxygen atoms in total. The fourth-order valence-electron chi connectivity index (χ4n) is 2.83. The van der Waals surface area contributed by atoms with E-state index >= 15 is 0 Å². The Morgan fingerprint density at radius 3 is 2.78 bits per heavy atom. The van der Waals surface area contributed by atoms with Crippen molar-refractivity contribution >= 4 is 23.4 Å². The number of carbonyl (C=O) groups is 2. The summed E-state index contributed by atoms with van der Waals surface area (Å²) in [6.45, 7) is 0.348. The molecule has 1 aliphatic carbocycles. The van der Waals surface area contributed by atoms with Crippen molar-refractivity contribution in [3.05, 3.63) is 59.1 Å². The Morgan fingerprint density at radius 2 is 2.07 bits per heavy atom. The van der Waals surface area contributed by atoms with Crippen LogP contribution in [0.25, 0.3) is 0 Å². The van der Waals surface area contributed by atoms with Crippen LogP contribution in [-0.4, -0.2) is 36.0 Å². The number of carbonyl (C=O) groups excluding carboxylic acids is 2. The minimum atomic E-state index is -0.593. The summed E-state index contributed by atoms with van der Waals surface area (Å²) in [5, 5.41) is 5.70. The van der Waals surface area contributed by atoms with Gasteiger partial charge in [0.25, 0.3) is 11.8 Å².